The highest BCUT2D eigenvalue weighted by molar-refractivity contribution is 7.98. The summed E-state index contributed by atoms with van der Waals surface area (Å²) in [4.78, 5) is 17.2. The minimum absolute atomic E-state index is 0.208. The van der Waals surface area contributed by atoms with E-state index in [1.165, 1.54) is 23.1 Å². The Labute approximate surface area is 138 Å². The van der Waals surface area contributed by atoms with E-state index >= 15 is 0 Å². The zero-order chi connectivity index (χ0) is 16.3. The van der Waals surface area contributed by atoms with Crippen molar-refractivity contribution in [1.29, 1.82) is 0 Å². The number of aromatic nitrogens is 1. The first-order valence-electron chi connectivity index (χ1n) is 6.86. The summed E-state index contributed by atoms with van der Waals surface area (Å²) in [5, 5.41) is 13.6. The first kappa shape index (κ1) is 17.1. The molecule has 0 aliphatic rings. The maximum absolute atomic E-state index is 12.3. The quantitative estimate of drug-likeness (QED) is 0.846. The van der Waals surface area contributed by atoms with E-state index in [1.807, 2.05) is 25.3 Å². The minimum Gasteiger partial charge on any atom is -0.459 e. The zero-order valence-corrected chi connectivity index (χ0v) is 14.7. The predicted molar refractivity (Wildman–Crippen MR) is 90.6 cm³/mol. The van der Waals surface area contributed by atoms with E-state index in [0.717, 1.165) is 5.76 Å². The number of aryl methyl sites for hydroxylation is 2. The SMILES string of the molecule is CSCC(C)(O)CNC(=O)c1sc(-c2ccc(C)o2)nc1C. The molecule has 0 radical (unpaired) electrons. The minimum atomic E-state index is -0.922. The molecule has 2 heterocycles. The van der Waals surface area contributed by atoms with Crippen molar-refractivity contribution in [3.8, 4) is 10.8 Å². The average molecular weight is 340 g/mol. The predicted octanol–water partition coefficient (Wildman–Crippen LogP) is 2.86. The van der Waals surface area contributed by atoms with Gasteiger partial charge in [-0.3, -0.25) is 4.79 Å². The average Bonchev–Trinajstić information content (AvgIpc) is 3.02. The smallest absolute Gasteiger partial charge is 0.263 e. The molecular formula is C15H20N2O3S2. The molecule has 0 saturated heterocycles. The van der Waals surface area contributed by atoms with Crippen LogP contribution in [-0.4, -0.2) is 40.2 Å². The fourth-order valence-corrected chi connectivity index (χ4v) is 3.64. The van der Waals surface area contributed by atoms with Crippen molar-refractivity contribution in [3.05, 3.63) is 28.5 Å². The molecule has 7 heteroatoms. The summed E-state index contributed by atoms with van der Waals surface area (Å²) in [5.41, 5.74) is -0.259. The van der Waals surface area contributed by atoms with Gasteiger partial charge in [0.25, 0.3) is 5.91 Å². The van der Waals surface area contributed by atoms with Crippen molar-refractivity contribution in [2.75, 3.05) is 18.6 Å². The molecule has 0 saturated carbocycles. The Morgan fingerprint density at radius 2 is 2.23 bits per heavy atom. The molecule has 0 aromatic carbocycles. The van der Waals surface area contributed by atoms with Crippen LogP contribution in [0, 0.1) is 13.8 Å². The molecule has 0 bridgehead atoms. The van der Waals surface area contributed by atoms with Gasteiger partial charge in [0.1, 0.15) is 10.6 Å². The molecule has 22 heavy (non-hydrogen) atoms. The van der Waals surface area contributed by atoms with E-state index in [4.69, 9.17) is 4.42 Å². The number of furan rings is 1. The van der Waals surface area contributed by atoms with E-state index in [2.05, 4.69) is 10.3 Å². The first-order valence-corrected chi connectivity index (χ1v) is 9.07. The first-order chi connectivity index (χ1) is 10.3. The summed E-state index contributed by atoms with van der Waals surface area (Å²) in [6.45, 7) is 5.58. The maximum Gasteiger partial charge on any atom is 0.263 e. The van der Waals surface area contributed by atoms with Crippen molar-refractivity contribution in [2.45, 2.75) is 26.4 Å². The monoisotopic (exact) mass is 340 g/mol. The summed E-state index contributed by atoms with van der Waals surface area (Å²) in [7, 11) is 0. The molecule has 2 rings (SSSR count). The van der Waals surface area contributed by atoms with Crippen molar-refractivity contribution in [3.63, 3.8) is 0 Å². The van der Waals surface area contributed by atoms with Gasteiger partial charge in [-0.25, -0.2) is 4.98 Å². The van der Waals surface area contributed by atoms with E-state index in [1.54, 1.807) is 13.8 Å². The van der Waals surface area contributed by atoms with Crippen LogP contribution in [0.4, 0.5) is 0 Å². The third-order valence-electron chi connectivity index (χ3n) is 3.04. The summed E-state index contributed by atoms with van der Waals surface area (Å²) < 4.78 is 5.54. The molecule has 2 aromatic rings. The van der Waals surface area contributed by atoms with Crippen molar-refractivity contribution in [2.24, 2.45) is 0 Å². The molecule has 1 amide bonds. The van der Waals surface area contributed by atoms with Crippen LogP contribution in [0.2, 0.25) is 0 Å². The number of nitrogens with one attached hydrogen (secondary N) is 1. The lowest BCUT2D eigenvalue weighted by Crippen LogP contribution is -2.42. The number of carbonyl (C=O) groups excluding carboxylic acids is 1. The Kier molecular flexibility index (Phi) is 5.31. The number of thioether (sulfide) groups is 1. The molecule has 0 aliphatic heterocycles. The second kappa shape index (κ2) is 6.85. The fraction of sp³-hybridized carbons (Fsp3) is 0.467. The van der Waals surface area contributed by atoms with Crippen molar-refractivity contribution >= 4 is 29.0 Å². The van der Waals surface area contributed by atoms with Crippen LogP contribution in [0.3, 0.4) is 0 Å². The topological polar surface area (TPSA) is 75.4 Å². The van der Waals surface area contributed by atoms with Crippen molar-refractivity contribution < 1.29 is 14.3 Å². The third kappa shape index (κ3) is 4.12. The number of rotatable bonds is 6. The van der Waals surface area contributed by atoms with Crippen LogP contribution in [0.5, 0.6) is 0 Å². The number of aliphatic hydroxyl groups is 1. The van der Waals surface area contributed by atoms with Crippen LogP contribution < -0.4 is 5.32 Å². The van der Waals surface area contributed by atoms with Crippen LogP contribution in [-0.2, 0) is 0 Å². The number of carbonyl (C=O) groups is 1. The molecule has 0 aliphatic carbocycles. The van der Waals surface area contributed by atoms with Gasteiger partial charge >= 0.3 is 0 Å². The molecule has 2 N–H and O–H groups in total. The molecule has 5 nitrogen and oxygen atoms in total. The van der Waals surface area contributed by atoms with E-state index < -0.39 is 5.60 Å². The maximum atomic E-state index is 12.3. The van der Waals surface area contributed by atoms with Gasteiger partial charge in [-0.15, -0.1) is 11.3 Å². The summed E-state index contributed by atoms with van der Waals surface area (Å²) in [6.07, 6.45) is 1.92. The second-order valence-corrected chi connectivity index (χ2v) is 7.32. The fourth-order valence-electron chi connectivity index (χ4n) is 1.97. The van der Waals surface area contributed by atoms with Gasteiger partial charge in [0.15, 0.2) is 10.8 Å². The van der Waals surface area contributed by atoms with Gasteiger partial charge in [0, 0.05) is 12.3 Å². The van der Waals surface area contributed by atoms with Gasteiger partial charge in [0.2, 0.25) is 0 Å². The normalized spacial score (nSPS) is 13.9. The molecule has 2 aromatic heterocycles. The highest BCUT2D eigenvalue weighted by atomic mass is 32.2. The Morgan fingerprint density at radius 3 is 2.82 bits per heavy atom. The highest BCUT2D eigenvalue weighted by Crippen LogP contribution is 2.29. The lowest BCUT2D eigenvalue weighted by Gasteiger charge is -2.22. The number of hydrogen-bond donors (Lipinski definition) is 2. The molecule has 1 atom stereocenters. The highest BCUT2D eigenvalue weighted by Gasteiger charge is 2.23. The van der Waals surface area contributed by atoms with E-state index in [9.17, 15) is 9.90 Å². The molecule has 1 unspecified atom stereocenters. The largest absolute Gasteiger partial charge is 0.459 e. The lowest BCUT2D eigenvalue weighted by molar-refractivity contribution is 0.0727. The molecule has 0 fully saturated rings. The summed E-state index contributed by atoms with van der Waals surface area (Å²) >= 11 is 2.83. The Bertz CT molecular complexity index is 662. The summed E-state index contributed by atoms with van der Waals surface area (Å²) in [5.74, 6) is 1.82. The number of thiazole rings is 1. The molecule has 0 spiro atoms. The van der Waals surface area contributed by atoms with Gasteiger partial charge in [0.05, 0.1) is 11.3 Å². The summed E-state index contributed by atoms with van der Waals surface area (Å²) in [6, 6.07) is 3.71. The number of hydrogen-bond acceptors (Lipinski definition) is 6. The molecule has 120 valence electrons. The number of amides is 1. The van der Waals surface area contributed by atoms with Crippen LogP contribution in [0.25, 0.3) is 10.8 Å². The number of nitrogens with zero attached hydrogens (tertiary/aromatic N) is 1. The van der Waals surface area contributed by atoms with Crippen LogP contribution >= 0.6 is 23.1 Å². The zero-order valence-electron chi connectivity index (χ0n) is 13.1. The standard InChI is InChI=1S/C15H20N2O3S2/c1-9-5-6-11(20-9)14-17-10(2)12(22-14)13(18)16-7-15(3,19)8-21-4/h5-6,19H,7-8H2,1-4H3,(H,16,18). The van der Waals surface area contributed by atoms with Crippen LogP contribution in [0.15, 0.2) is 16.5 Å². The lowest BCUT2D eigenvalue weighted by atomic mass is 10.1. The van der Waals surface area contributed by atoms with Gasteiger partial charge in [-0.05, 0) is 39.2 Å². The second-order valence-electron chi connectivity index (χ2n) is 5.46. The van der Waals surface area contributed by atoms with E-state index in [0.29, 0.717) is 27.1 Å². The van der Waals surface area contributed by atoms with Gasteiger partial charge < -0.3 is 14.8 Å². The van der Waals surface area contributed by atoms with Crippen LogP contribution in [0.1, 0.15) is 28.0 Å². The van der Waals surface area contributed by atoms with Gasteiger partial charge in [-0.2, -0.15) is 11.8 Å². The third-order valence-corrected chi connectivity index (χ3v) is 5.12. The van der Waals surface area contributed by atoms with Crippen molar-refractivity contribution in [1.82, 2.24) is 10.3 Å². The Morgan fingerprint density at radius 1 is 1.50 bits per heavy atom. The molecular weight excluding hydrogens is 320 g/mol. The van der Waals surface area contributed by atoms with E-state index in [-0.39, 0.29) is 12.5 Å². The van der Waals surface area contributed by atoms with Gasteiger partial charge in [-0.1, -0.05) is 0 Å². The Hall–Kier alpha value is -1.31. The Balaban J connectivity index is 2.09.